The van der Waals surface area contributed by atoms with E-state index in [4.69, 9.17) is 32.7 Å². The normalized spacial score (nSPS) is 13.1. The molecule has 2 heterocycles. The summed E-state index contributed by atoms with van der Waals surface area (Å²) in [5.41, 5.74) is 1.38. The van der Waals surface area contributed by atoms with Crippen LogP contribution in [0.4, 0.5) is 11.4 Å². The van der Waals surface area contributed by atoms with Crippen LogP contribution in [-0.4, -0.2) is 0 Å². The van der Waals surface area contributed by atoms with Gasteiger partial charge in [-0.15, -0.1) is 0 Å². The maximum Gasteiger partial charge on any atom is 0.155 e. The van der Waals surface area contributed by atoms with Crippen LogP contribution in [0.5, 0.6) is 23.0 Å². The maximum atomic E-state index is 6.02. The highest BCUT2D eigenvalue weighted by atomic mass is 35.5. The van der Waals surface area contributed by atoms with Crippen molar-refractivity contribution < 1.29 is 9.47 Å². The average Bonchev–Trinajstić information content (AvgIpc) is 2.56. The molecule has 4 nitrogen and oxygen atoms in total. The van der Waals surface area contributed by atoms with E-state index in [-0.39, 0.29) is 0 Å². The van der Waals surface area contributed by atoms with Gasteiger partial charge in [0.25, 0.3) is 0 Å². The summed E-state index contributed by atoms with van der Waals surface area (Å²) >= 11 is 12.0. The molecule has 0 fully saturated rings. The molecule has 24 heavy (non-hydrogen) atoms. The molecule has 0 saturated carbocycles. The highest BCUT2D eigenvalue weighted by Crippen LogP contribution is 2.38. The summed E-state index contributed by atoms with van der Waals surface area (Å²) in [5.74, 6) is 2.57. The molecule has 0 aliphatic carbocycles. The molecular formula is C18H8Cl2N2O2. The molecule has 0 radical (unpaired) electrons. The van der Waals surface area contributed by atoms with Gasteiger partial charge >= 0.3 is 0 Å². The van der Waals surface area contributed by atoms with Crippen molar-refractivity contribution in [2.45, 2.75) is 0 Å². The molecule has 6 heteroatoms. The minimum Gasteiger partial charge on any atom is -0.453 e. The van der Waals surface area contributed by atoms with E-state index in [1.165, 1.54) is 0 Å². The third-order valence-corrected chi connectivity index (χ3v) is 4.27. The predicted molar refractivity (Wildman–Crippen MR) is 91.1 cm³/mol. The molecule has 0 atom stereocenters. The first-order chi connectivity index (χ1) is 11.7. The Hall–Kier alpha value is -2.56. The van der Waals surface area contributed by atoms with E-state index in [9.17, 15) is 0 Å². The molecule has 0 spiro atoms. The van der Waals surface area contributed by atoms with Gasteiger partial charge < -0.3 is 9.47 Å². The molecule has 3 aromatic carbocycles. The zero-order chi connectivity index (χ0) is 16.3. The molecule has 2 aliphatic rings. The van der Waals surface area contributed by atoms with Crippen LogP contribution in [0.1, 0.15) is 0 Å². The van der Waals surface area contributed by atoms with Crippen molar-refractivity contribution in [1.29, 1.82) is 0 Å². The lowest BCUT2D eigenvalue weighted by molar-refractivity contribution is 0.451. The van der Waals surface area contributed by atoms with E-state index < -0.39 is 0 Å². The monoisotopic (exact) mass is 354 g/mol. The van der Waals surface area contributed by atoms with Crippen molar-refractivity contribution in [2.75, 3.05) is 0 Å². The Labute approximate surface area is 146 Å². The molecule has 2 aliphatic heterocycles. The number of hydrogen-bond acceptors (Lipinski definition) is 4. The third-order valence-electron chi connectivity index (χ3n) is 3.80. The Morgan fingerprint density at radius 3 is 1.50 bits per heavy atom. The van der Waals surface area contributed by atoms with Crippen LogP contribution in [-0.2, 0) is 0 Å². The van der Waals surface area contributed by atoms with Crippen LogP contribution in [0.25, 0.3) is 0 Å². The van der Waals surface area contributed by atoms with E-state index in [0.717, 1.165) is 0 Å². The van der Waals surface area contributed by atoms with Gasteiger partial charge in [-0.05, 0) is 36.4 Å². The second-order valence-electron chi connectivity index (χ2n) is 5.44. The molecule has 116 valence electrons. The zero-order valence-electron chi connectivity index (χ0n) is 12.1. The van der Waals surface area contributed by atoms with E-state index in [1.54, 1.807) is 36.4 Å². The summed E-state index contributed by atoms with van der Waals surface area (Å²) in [7, 11) is 0. The van der Waals surface area contributed by atoms with E-state index in [2.05, 4.69) is 9.98 Å². The van der Waals surface area contributed by atoms with Gasteiger partial charge in [-0.3, -0.25) is 0 Å². The lowest BCUT2D eigenvalue weighted by Gasteiger charge is -2.18. The second-order valence-corrected chi connectivity index (χ2v) is 6.31. The molecule has 0 unspecified atom stereocenters. The smallest absolute Gasteiger partial charge is 0.155 e. The van der Waals surface area contributed by atoms with E-state index in [0.29, 0.717) is 55.1 Å². The van der Waals surface area contributed by atoms with Crippen molar-refractivity contribution in [1.82, 2.24) is 0 Å². The topological polar surface area (TPSA) is 43.2 Å². The van der Waals surface area contributed by atoms with Crippen LogP contribution >= 0.6 is 23.2 Å². The number of nitrogens with zero attached hydrogens (tertiary/aromatic N) is 2. The number of ether oxygens (including phenoxy) is 2. The summed E-state index contributed by atoms with van der Waals surface area (Å²) in [6.45, 7) is 0. The Morgan fingerprint density at radius 1 is 0.583 bits per heavy atom. The standard InChI is InChI=1S/C18H8Cl2N2O2/c19-9-1-3-15-11(5-9)21-13-8-18-14(7-17(13)23-15)22-12-6-10(20)2-4-16(12)24-18/h1-8H. The summed E-state index contributed by atoms with van der Waals surface area (Å²) in [6.07, 6.45) is 0. The Bertz CT molecular complexity index is 1050. The minimum absolute atomic E-state index is 0.611. The molecule has 0 bridgehead atoms. The molecule has 3 aromatic rings. The van der Waals surface area contributed by atoms with Crippen molar-refractivity contribution in [3.63, 3.8) is 0 Å². The van der Waals surface area contributed by atoms with Crippen molar-refractivity contribution in [2.24, 2.45) is 9.98 Å². The first-order valence-electron chi connectivity index (χ1n) is 7.22. The Morgan fingerprint density at radius 2 is 1.04 bits per heavy atom. The van der Waals surface area contributed by atoms with Crippen LogP contribution in [0, 0.1) is 0 Å². The summed E-state index contributed by atoms with van der Waals surface area (Å²) in [4.78, 5) is 9.19. The number of benzene rings is 3. The van der Waals surface area contributed by atoms with Crippen molar-refractivity contribution in [3.8, 4) is 23.0 Å². The Kier molecular flexibility index (Phi) is 2.86. The number of rotatable bonds is 0. The third kappa shape index (κ3) is 2.15. The van der Waals surface area contributed by atoms with Gasteiger partial charge in [0, 0.05) is 22.2 Å². The largest absolute Gasteiger partial charge is 0.453 e. The SMILES string of the molecule is Clc1ccc2c(c1)N=c1cc3c(cc1O2)=Nc1cc(Cl)ccc1O3. The molecule has 0 amide bonds. The average molecular weight is 355 g/mol. The number of halogens is 2. The van der Waals surface area contributed by atoms with Gasteiger partial charge in [0.05, 0.1) is 0 Å². The second kappa shape index (κ2) is 4.97. The lowest BCUT2D eigenvalue weighted by Crippen LogP contribution is -2.18. The van der Waals surface area contributed by atoms with Crippen LogP contribution in [0.15, 0.2) is 58.5 Å². The highest BCUT2D eigenvalue weighted by Gasteiger charge is 2.18. The highest BCUT2D eigenvalue weighted by molar-refractivity contribution is 6.31. The van der Waals surface area contributed by atoms with Gasteiger partial charge in [-0.2, -0.15) is 0 Å². The van der Waals surface area contributed by atoms with Crippen LogP contribution < -0.4 is 20.2 Å². The lowest BCUT2D eigenvalue weighted by atomic mass is 10.2. The van der Waals surface area contributed by atoms with E-state index >= 15 is 0 Å². The fourth-order valence-corrected chi connectivity index (χ4v) is 3.03. The molecule has 0 saturated heterocycles. The van der Waals surface area contributed by atoms with Gasteiger partial charge in [-0.25, -0.2) is 9.98 Å². The summed E-state index contributed by atoms with van der Waals surface area (Å²) < 4.78 is 11.8. The summed E-state index contributed by atoms with van der Waals surface area (Å²) in [5, 5.41) is 2.58. The van der Waals surface area contributed by atoms with Crippen molar-refractivity contribution >= 4 is 34.6 Å². The van der Waals surface area contributed by atoms with Crippen LogP contribution in [0.3, 0.4) is 0 Å². The van der Waals surface area contributed by atoms with Gasteiger partial charge in [0.2, 0.25) is 0 Å². The molecule has 5 rings (SSSR count). The Balaban J connectivity index is 1.73. The van der Waals surface area contributed by atoms with Gasteiger partial charge in [-0.1, -0.05) is 23.2 Å². The molecule has 0 aromatic heterocycles. The quantitative estimate of drug-likeness (QED) is 0.388. The maximum absolute atomic E-state index is 6.02. The minimum atomic E-state index is 0.611. The van der Waals surface area contributed by atoms with Crippen molar-refractivity contribution in [3.05, 3.63) is 69.3 Å². The fourth-order valence-electron chi connectivity index (χ4n) is 2.70. The zero-order valence-corrected chi connectivity index (χ0v) is 13.6. The fraction of sp³-hybridized carbons (Fsp3) is 0. The first-order valence-corrected chi connectivity index (χ1v) is 7.98. The predicted octanol–water partition coefficient (Wildman–Crippen LogP) is 5.11. The van der Waals surface area contributed by atoms with E-state index in [1.807, 2.05) is 12.1 Å². The number of fused-ring (bicyclic) bond motifs is 4. The van der Waals surface area contributed by atoms with Crippen LogP contribution in [0.2, 0.25) is 10.0 Å². The van der Waals surface area contributed by atoms with Gasteiger partial charge in [0.15, 0.2) is 23.0 Å². The molecule has 0 N–H and O–H groups in total. The first kappa shape index (κ1) is 13.8. The summed E-state index contributed by atoms with van der Waals surface area (Å²) in [6, 6.07) is 14.3. The van der Waals surface area contributed by atoms with Gasteiger partial charge in [0.1, 0.15) is 22.1 Å². The number of hydrogen-bond donors (Lipinski definition) is 0. The molecular weight excluding hydrogens is 347 g/mol.